The van der Waals surface area contributed by atoms with E-state index >= 15 is 0 Å². The Balaban J connectivity index is 1.71. The summed E-state index contributed by atoms with van der Waals surface area (Å²) in [6, 6.07) is 10.3. The van der Waals surface area contributed by atoms with E-state index in [4.69, 9.17) is 0 Å². The van der Waals surface area contributed by atoms with Crippen molar-refractivity contribution < 1.29 is 4.79 Å². The van der Waals surface area contributed by atoms with Crippen molar-refractivity contribution in [2.75, 3.05) is 27.2 Å². The number of piperidine rings is 1. The summed E-state index contributed by atoms with van der Waals surface area (Å²) in [6.45, 7) is 2.11. The monoisotopic (exact) mass is 315 g/mol. The molecule has 1 saturated heterocycles. The molecule has 1 fully saturated rings. The summed E-state index contributed by atoms with van der Waals surface area (Å²) < 4.78 is 0. The van der Waals surface area contributed by atoms with Gasteiger partial charge in [0, 0.05) is 18.7 Å². The second-order valence-electron chi connectivity index (χ2n) is 5.85. The van der Waals surface area contributed by atoms with Gasteiger partial charge in [0.1, 0.15) is 9.88 Å². The first-order valence-electron chi connectivity index (χ1n) is 7.62. The molecule has 22 heavy (non-hydrogen) atoms. The molecule has 5 heteroatoms. The maximum Gasteiger partial charge on any atom is 0.265 e. The minimum atomic E-state index is 0.0919. The maximum atomic E-state index is 12.7. The molecule has 0 unspecified atom stereocenters. The van der Waals surface area contributed by atoms with Crippen LogP contribution in [-0.4, -0.2) is 53.9 Å². The van der Waals surface area contributed by atoms with Gasteiger partial charge >= 0.3 is 0 Å². The molecule has 0 saturated carbocycles. The number of carbonyl (C=O) groups is 1. The van der Waals surface area contributed by atoms with Crippen molar-refractivity contribution in [3.63, 3.8) is 0 Å². The lowest BCUT2D eigenvalue weighted by Crippen LogP contribution is -2.44. The predicted octanol–water partition coefficient (Wildman–Crippen LogP) is 2.98. The van der Waals surface area contributed by atoms with Gasteiger partial charge in [-0.3, -0.25) is 4.79 Å². The topological polar surface area (TPSA) is 36.4 Å². The molecule has 1 aliphatic rings. The smallest absolute Gasteiger partial charge is 0.265 e. The van der Waals surface area contributed by atoms with Crippen LogP contribution in [0, 0.1) is 0 Å². The fraction of sp³-hybridized carbons (Fsp3) is 0.412. The van der Waals surface area contributed by atoms with Crippen LogP contribution >= 0.6 is 11.3 Å². The lowest BCUT2D eigenvalue weighted by Gasteiger charge is -2.34. The van der Waals surface area contributed by atoms with Crippen LogP contribution in [0.2, 0.25) is 0 Å². The minimum Gasteiger partial charge on any atom is -0.338 e. The summed E-state index contributed by atoms with van der Waals surface area (Å²) >= 11 is 1.47. The highest BCUT2D eigenvalue weighted by molar-refractivity contribution is 7.16. The quantitative estimate of drug-likeness (QED) is 0.874. The fourth-order valence-corrected chi connectivity index (χ4v) is 3.71. The number of likely N-dealkylation sites (tertiary alicyclic amines) is 1. The molecule has 1 amide bonds. The van der Waals surface area contributed by atoms with E-state index in [1.54, 1.807) is 6.20 Å². The van der Waals surface area contributed by atoms with Crippen molar-refractivity contribution in [3.8, 4) is 10.6 Å². The Morgan fingerprint density at radius 3 is 2.64 bits per heavy atom. The summed E-state index contributed by atoms with van der Waals surface area (Å²) in [6.07, 6.45) is 3.80. The lowest BCUT2D eigenvalue weighted by molar-refractivity contribution is 0.0664. The first kappa shape index (κ1) is 15.2. The molecule has 4 nitrogen and oxygen atoms in total. The zero-order valence-corrected chi connectivity index (χ0v) is 13.8. The largest absolute Gasteiger partial charge is 0.338 e. The number of nitrogens with zero attached hydrogens (tertiary/aromatic N) is 3. The Bertz CT molecular complexity index is 632. The van der Waals surface area contributed by atoms with Crippen LogP contribution in [0.15, 0.2) is 36.5 Å². The van der Waals surface area contributed by atoms with Gasteiger partial charge in [0.05, 0.1) is 6.20 Å². The Kier molecular flexibility index (Phi) is 4.55. The molecule has 0 atom stereocenters. The van der Waals surface area contributed by atoms with Gasteiger partial charge in [-0.2, -0.15) is 0 Å². The number of carbonyl (C=O) groups excluding carboxylic acids is 1. The molecule has 3 rings (SSSR count). The molecule has 2 heterocycles. The number of hydrogen-bond donors (Lipinski definition) is 0. The van der Waals surface area contributed by atoms with Gasteiger partial charge in [0.2, 0.25) is 0 Å². The Morgan fingerprint density at radius 2 is 1.95 bits per heavy atom. The Morgan fingerprint density at radius 1 is 1.27 bits per heavy atom. The summed E-state index contributed by atoms with van der Waals surface area (Å²) in [4.78, 5) is 22.0. The van der Waals surface area contributed by atoms with Crippen molar-refractivity contribution in [2.24, 2.45) is 0 Å². The number of thiazole rings is 1. The average Bonchev–Trinajstić information content (AvgIpc) is 3.05. The van der Waals surface area contributed by atoms with E-state index in [-0.39, 0.29) is 5.91 Å². The van der Waals surface area contributed by atoms with Gasteiger partial charge in [-0.25, -0.2) is 4.98 Å². The molecule has 0 bridgehead atoms. The fourth-order valence-electron chi connectivity index (χ4n) is 2.81. The normalized spacial score (nSPS) is 16.6. The molecule has 1 aromatic carbocycles. The molecule has 2 aromatic rings. The van der Waals surface area contributed by atoms with Gasteiger partial charge in [-0.15, -0.1) is 11.3 Å². The molecule has 0 radical (unpaired) electrons. The zero-order valence-electron chi connectivity index (χ0n) is 13.0. The first-order chi connectivity index (χ1) is 10.6. The van der Waals surface area contributed by atoms with E-state index < -0.39 is 0 Å². The lowest BCUT2D eigenvalue weighted by atomic mass is 10.0. The van der Waals surface area contributed by atoms with Gasteiger partial charge in [-0.1, -0.05) is 30.3 Å². The summed E-state index contributed by atoms with van der Waals surface area (Å²) in [5.74, 6) is 0.0919. The van der Waals surface area contributed by atoms with Gasteiger partial charge in [0.15, 0.2) is 0 Å². The molecule has 1 aliphatic heterocycles. The van der Waals surface area contributed by atoms with Crippen LogP contribution in [0.5, 0.6) is 0 Å². The summed E-state index contributed by atoms with van der Waals surface area (Å²) in [7, 11) is 4.05. The van der Waals surface area contributed by atoms with Crippen LogP contribution < -0.4 is 0 Å². The number of amides is 1. The van der Waals surface area contributed by atoms with E-state index in [1.165, 1.54) is 11.3 Å². The first-order valence-corrected chi connectivity index (χ1v) is 8.44. The highest BCUT2D eigenvalue weighted by atomic mass is 32.1. The molecule has 0 spiro atoms. The molecule has 0 aliphatic carbocycles. The number of rotatable bonds is 3. The van der Waals surface area contributed by atoms with E-state index in [9.17, 15) is 4.79 Å². The van der Waals surface area contributed by atoms with E-state index in [0.717, 1.165) is 41.4 Å². The van der Waals surface area contributed by atoms with Crippen molar-refractivity contribution in [2.45, 2.75) is 18.9 Å². The third kappa shape index (κ3) is 3.20. The molecule has 0 N–H and O–H groups in total. The zero-order chi connectivity index (χ0) is 15.5. The van der Waals surface area contributed by atoms with Crippen molar-refractivity contribution in [3.05, 3.63) is 41.4 Å². The van der Waals surface area contributed by atoms with Crippen molar-refractivity contribution in [1.82, 2.24) is 14.8 Å². The van der Waals surface area contributed by atoms with Gasteiger partial charge < -0.3 is 9.80 Å². The highest BCUT2D eigenvalue weighted by Gasteiger charge is 2.25. The van der Waals surface area contributed by atoms with Crippen molar-refractivity contribution in [1.29, 1.82) is 0 Å². The molecule has 116 valence electrons. The van der Waals surface area contributed by atoms with Crippen LogP contribution in [0.1, 0.15) is 22.5 Å². The second-order valence-corrected chi connectivity index (χ2v) is 6.88. The van der Waals surface area contributed by atoms with E-state index in [0.29, 0.717) is 6.04 Å². The minimum absolute atomic E-state index is 0.0919. The van der Waals surface area contributed by atoms with Crippen LogP contribution in [0.25, 0.3) is 10.6 Å². The third-order valence-corrected chi connectivity index (χ3v) is 5.33. The molecular formula is C17H21N3OS. The van der Waals surface area contributed by atoms with Crippen LogP contribution in [0.4, 0.5) is 0 Å². The maximum absolute atomic E-state index is 12.7. The highest BCUT2D eigenvalue weighted by Crippen LogP contribution is 2.26. The Labute approximate surface area is 135 Å². The number of hydrogen-bond acceptors (Lipinski definition) is 4. The average molecular weight is 315 g/mol. The second kappa shape index (κ2) is 6.58. The molecule has 1 aromatic heterocycles. The van der Waals surface area contributed by atoms with Gasteiger partial charge in [0.25, 0.3) is 5.91 Å². The molecular weight excluding hydrogens is 294 g/mol. The van der Waals surface area contributed by atoms with E-state index in [2.05, 4.69) is 16.9 Å². The summed E-state index contributed by atoms with van der Waals surface area (Å²) in [5.41, 5.74) is 1.06. The van der Waals surface area contributed by atoms with Gasteiger partial charge in [-0.05, 0) is 33.0 Å². The third-order valence-electron chi connectivity index (χ3n) is 4.29. The summed E-state index contributed by atoms with van der Waals surface area (Å²) in [5, 5.41) is 0.903. The SMILES string of the molecule is CN1CCC(N(C)C(=O)c2cnc(-c3ccccc3)s2)CC1. The Hall–Kier alpha value is -1.72. The van der Waals surface area contributed by atoms with E-state index in [1.807, 2.05) is 42.3 Å². The standard InChI is InChI=1S/C17H21N3OS/c1-19-10-8-14(9-11-19)20(2)17(21)15-12-18-16(22-15)13-6-4-3-5-7-13/h3-7,12,14H,8-11H2,1-2H3. The number of benzene rings is 1. The predicted molar refractivity (Wildman–Crippen MR) is 90.2 cm³/mol. The van der Waals surface area contributed by atoms with Crippen LogP contribution in [0.3, 0.4) is 0 Å². The van der Waals surface area contributed by atoms with Crippen LogP contribution in [-0.2, 0) is 0 Å². The van der Waals surface area contributed by atoms with Crippen molar-refractivity contribution >= 4 is 17.2 Å². The number of aromatic nitrogens is 1.